The molecule has 1 unspecified atom stereocenters. The molecule has 0 aliphatic heterocycles. The van der Waals surface area contributed by atoms with Gasteiger partial charge in [-0.15, -0.1) is 11.6 Å². The number of carbonyl (C=O) groups excluding carboxylic acids is 1. The zero-order valence-corrected chi connectivity index (χ0v) is 7.50. The minimum absolute atomic E-state index is 0.0280. The summed E-state index contributed by atoms with van der Waals surface area (Å²) in [6.45, 7) is 0. The van der Waals surface area contributed by atoms with Crippen molar-refractivity contribution in [2.75, 3.05) is 7.11 Å². The van der Waals surface area contributed by atoms with E-state index in [1.807, 2.05) is 0 Å². The first-order chi connectivity index (χ1) is 5.57. The SMILES string of the molecule is COC(=O)C(Cl)CCCC(=O)O. The first kappa shape index (κ1) is 11.2. The number of carboxylic acids is 1. The van der Waals surface area contributed by atoms with Crippen molar-refractivity contribution in [2.45, 2.75) is 24.6 Å². The first-order valence-electron chi connectivity index (χ1n) is 3.51. The quantitative estimate of drug-likeness (QED) is 0.524. The van der Waals surface area contributed by atoms with E-state index in [1.165, 1.54) is 7.11 Å². The molecule has 70 valence electrons. The lowest BCUT2D eigenvalue weighted by molar-refractivity contribution is -0.141. The van der Waals surface area contributed by atoms with Gasteiger partial charge in [-0.3, -0.25) is 9.59 Å². The highest BCUT2D eigenvalue weighted by Gasteiger charge is 2.15. The van der Waals surface area contributed by atoms with Crippen LogP contribution in [0.3, 0.4) is 0 Å². The van der Waals surface area contributed by atoms with Crippen molar-refractivity contribution in [3.63, 3.8) is 0 Å². The Kier molecular flexibility index (Phi) is 5.45. The van der Waals surface area contributed by atoms with E-state index in [0.29, 0.717) is 12.8 Å². The van der Waals surface area contributed by atoms with E-state index in [-0.39, 0.29) is 6.42 Å². The van der Waals surface area contributed by atoms with Gasteiger partial charge in [0, 0.05) is 6.42 Å². The predicted molar refractivity (Wildman–Crippen MR) is 43.1 cm³/mol. The third-order valence-corrected chi connectivity index (χ3v) is 1.70. The molecular weight excluding hydrogens is 184 g/mol. The van der Waals surface area contributed by atoms with E-state index in [1.54, 1.807) is 0 Å². The molecule has 0 aliphatic rings. The Hall–Kier alpha value is -0.770. The van der Waals surface area contributed by atoms with Crippen LogP contribution < -0.4 is 0 Å². The number of carbonyl (C=O) groups is 2. The molecule has 0 heterocycles. The van der Waals surface area contributed by atoms with Crippen LogP contribution in [0, 0.1) is 0 Å². The van der Waals surface area contributed by atoms with Gasteiger partial charge in [0.2, 0.25) is 0 Å². The number of methoxy groups -OCH3 is 1. The van der Waals surface area contributed by atoms with E-state index in [4.69, 9.17) is 16.7 Å². The summed E-state index contributed by atoms with van der Waals surface area (Å²) >= 11 is 5.55. The Morgan fingerprint density at radius 1 is 1.58 bits per heavy atom. The van der Waals surface area contributed by atoms with Crippen LogP contribution in [0.2, 0.25) is 0 Å². The molecule has 0 fully saturated rings. The second-order valence-corrected chi connectivity index (χ2v) is 2.80. The molecule has 0 bridgehead atoms. The van der Waals surface area contributed by atoms with Crippen molar-refractivity contribution in [2.24, 2.45) is 0 Å². The van der Waals surface area contributed by atoms with Gasteiger partial charge in [-0.2, -0.15) is 0 Å². The number of esters is 1. The Balaban J connectivity index is 3.50. The smallest absolute Gasteiger partial charge is 0.323 e. The summed E-state index contributed by atoms with van der Waals surface area (Å²) in [6.07, 6.45) is 0.749. The van der Waals surface area contributed by atoms with Crippen molar-refractivity contribution >= 4 is 23.5 Å². The molecule has 0 rings (SSSR count). The highest BCUT2D eigenvalue weighted by molar-refractivity contribution is 6.29. The fraction of sp³-hybridized carbons (Fsp3) is 0.714. The van der Waals surface area contributed by atoms with Gasteiger partial charge in [0.15, 0.2) is 0 Å². The fourth-order valence-electron chi connectivity index (χ4n) is 0.678. The molecule has 0 aromatic rings. The molecular formula is C7H11ClO4. The van der Waals surface area contributed by atoms with E-state index in [0.717, 1.165) is 0 Å². The van der Waals surface area contributed by atoms with Crippen LogP contribution in [0.1, 0.15) is 19.3 Å². The van der Waals surface area contributed by atoms with E-state index >= 15 is 0 Å². The maximum absolute atomic E-state index is 10.7. The number of rotatable bonds is 5. The third kappa shape index (κ3) is 4.96. The molecule has 0 saturated heterocycles. The van der Waals surface area contributed by atoms with Crippen LogP contribution in [0.25, 0.3) is 0 Å². The van der Waals surface area contributed by atoms with Gasteiger partial charge in [0.05, 0.1) is 7.11 Å². The van der Waals surface area contributed by atoms with Crippen LogP contribution >= 0.6 is 11.6 Å². The first-order valence-corrected chi connectivity index (χ1v) is 3.95. The van der Waals surface area contributed by atoms with Gasteiger partial charge < -0.3 is 9.84 Å². The molecule has 0 radical (unpaired) electrons. The Morgan fingerprint density at radius 3 is 2.58 bits per heavy atom. The lowest BCUT2D eigenvalue weighted by atomic mass is 10.2. The lowest BCUT2D eigenvalue weighted by Gasteiger charge is -2.04. The maximum atomic E-state index is 10.7. The molecule has 0 aromatic heterocycles. The molecule has 0 amide bonds. The second kappa shape index (κ2) is 5.83. The Morgan fingerprint density at radius 2 is 2.17 bits per heavy atom. The van der Waals surface area contributed by atoms with Gasteiger partial charge >= 0.3 is 11.9 Å². The summed E-state index contributed by atoms with van der Waals surface area (Å²) in [5.41, 5.74) is 0. The monoisotopic (exact) mass is 194 g/mol. The van der Waals surface area contributed by atoms with Crippen molar-refractivity contribution < 1.29 is 19.4 Å². The highest BCUT2D eigenvalue weighted by atomic mass is 35.5. The topological polar surface area (TPSA) is 63.6 Å². The number of aliphatic carboxylic acids is 1. The highest BCUT2D eigenvalue weighted by Crippen LogP contribution is 2.08. The fourth-order valence-corrected chi connectivity index (χ4v) is 0.922. The van der Waals surface area contributed by atoms with Crippen LogP contribution in [0.15, 0.2) is 0 Å². The summed E-state index contributed by atoms with van der Waals surface area (Å²) in [6, 6.07) is 0. The normalized spacial score (nSPS) is 12.2. The average molecular weight is 195 g/mol. The summed E-state index contributed by atoms with van der Waals surface area (Å²) in [5.74, 6) is -1.40. The molecule has 0 aromatic carbocycles. The largest absolute Gasteiger partial charge is 0.481 e. The van der Waals surface area contributed by atoms with Gasteiger partial charge in [-0.25, -0.2) is 0 Å². The Labute approximate surface area is 75.5 Å². The standard InChI is InChI=1S/C7H11ClO4/c1-12-7(11)5(8)3-2-4-6(9)10/h5H,2-4H2,1H3,(H,9,10). The number of halogens is 1. The van der Waals surface area contributed by atoms with Crippen LogP contribution in [0.5, 0.6) is 0 Å². The van der Waals surface area contributed by atoms with E-state index in [9.17, 15) is 9.59 Å². The average Bonchev–Trinajstić information content (AvgIpc) is 2.02. The number of hydrogen-bond donors (Lipinski definition) is 1. The lowest BCUT2D eigenvalue weighted by Crippen LogP contribution is -2.16. The minimum atomic E-state index is -0.885. The minimum Gasteiger partial charge on any atom is -0.481 e. The zero-order chi connectivity index (χ0) is 9.56. The number of hydrogen-bond acceptors (Lipinski definition) is 3. The van der Waals surface area contributed by atoms with Crippen molar-refractivity contribution in [1.82, 2.24) is 0 Å². The van der Waals surface area contributed by atoms with Crippen LogP contribution in [-0.2, 0) is 14.3 Å². The predicted octanol–water partition coefficient (Wildman–Crippen LogP) is 1.02. The van der Waals surface area contributed by atoms with Crippen molar-refractivity contribution in [1.29, 1.82) is 0 Å². The summed E-state index contributed by atoms with van der Waals surface area (Å²) in [4.78, 5) is 20.7. The molecule has 4 nitrogen and oxygen atoms in total. The molecule has 0 aliphatic carbocycles. The molecule has 0 spiro atoms. The van der Waals surface area contributed by atoms with Gasteiger partial charge in [0.25, 0.3) is 0 Å². The Bertz CT molecular complexity index is 169. The second-order valence-electron chi connectivity index (χ2n) is 2.28. The van der Waals surface area contributed by atoms with Crippen molar-refractivity contribution in [3.8, 4) is 0 Å². The third-order valence-electron chi connectivity index (χ3n) is 1.31. The van der Waals surface area contributed by atoms with Crippen molar-refractivity contribution in [3.05, 3.63) is 0 Å². The molecule has 1 atom stereocenters. The van der Waals surface area contributed by atoms with Crippen LogP contribution in [-0.4, -0.2) is 29.5 Å². The van der Waals surface area contributed by atoms with E-state index in [2.05, 4.69) is 4.74 Å². The van der Waals surface area contributed by atoms with Gasteiger partial charge in [-0.1, -0.05) is 0 Å². The number of carboxylic acid groups (broad SMARTS) is 1. The number of ether oxygens (including phenoxy) is 1. The van der Waals surface area contributed by atoms with Gasteiger partial charge in [0.1, 0.15) is 5.38 Å². The zero-order valence-electron chi connectivity index (χ0n) is 6.75. The number of alkyl halides is 1. The summed E-state index contributed by atoms with van der Waals surface area (Å²) in [7, 11) is 1.24. The summed E-state index contributed by atoms with van der Waals surface area (Å²) in [5, 5.41) is 7.54. The van der Waals surface area contributed by atoms with E-state index < -0.39 is 17.3 Å². The van der Waals surface area contributed by atoms with Gasteiger partial charge in [-0.05, 0) is 12.8 Å². The van der Waals surface area contributed by atoms with Crippen LogP contribution in [0.4, 0.5) is 0 Å². The molecule has 0 saturated carbocycles. The maximum Gasteiger partial charge on any atom is 0.323 e. The molecule has 5 heteroatoms. The molecule has 1 N–H and O–H groups in total. The summed E-state index contributed by atoms with van der Waals surface area (Å²) < 4.78 is 4.35. The molecule has 12 heavy (non-hydrogen) atoms.